The predicted molar refractivity (Wildman–Crippen MR) is 59.0 cm³/mol. The second kappa shape index (κ2) is 3.71. The zero-order chi connectivity index (χ0) is 10.1. The molecule has 1 aromatic heterocycles. The van der Waals surface area contributed by atoms with Crippen LogP contribution in [0.4, 0.5) is 0 Å². The lowest BCUT2D eigenvalue weighted by molar-refractivity contribution is 0.270. The first-order valence-electron chi connectivity index (χ1n) is 4.52. The summed E-state index contributed by atoms with van der Waals surface area (Å²) in [5, 5.41) is 14.6. The first-order valence-corrected chi connectivity index (χ1v) is 5.31. The average Bonchev–Trinajstić information content (AvgIpc) is 2.54. The highest BCUT2D eigenvalue weighted by molar-refractivity contribution is 9.10. The summed E-state index contributed by atoms with van der Waals surface area (Å²) >= 11 is 3.41. The lowest BCUT2D eigenvalue weighted by Crippen LogP contribution is -2.01. The maximum atomic E-state index is 9.25. The number of aryl methyl sites for hydroxylation is 1. The minimum atomic E-state index is 0.0286. The van der Waals surface area contributed by atoms with Crippen LogP contribution in [0.5, 0.6) is 0 Å². The summed E-state index contributed by atoms with van der Waals surface area (Å²) in [6.07, 6.45) is 0. The van der Waals surface area contributed by atoms with Crippen LogP contribution in [0.15, 0.2) is 22.7 Å². The Morgan fingerprint density at radius 1 is 1.50 bits per heavy atom. The number of hydrogen-bond donors (Lipinski definition) is 1. The number of rotatable bonds is 2. The molecule has 3 nitrogen and oxygen atoms in total. The monoisotopic (exact) mass is 254 g/mol. The molecule has 0 atom stereocenters. The molecule has 0 amide bonds. The van der Waals surface area contributed by atoms with Gasteiger partial charge in [0.25, 0.3) is 0 Å². The summed E-state index contributed by atoms with van der Waals surface area (Å²) in [4.78, 5) is 0. The second-order valence-electron chi connectivity index (χ2n) is 3.08. The van der Waals surface area contributed by atoms with E-state index in [0.29, 0.717) is 0 Å². The van der Waals surface area contributed by atoms with Crippen LogP contribution in [0.1, 0.15) is 12.6 Å². The number of aromatic nitrogens is 2. The third kappa shape index (κ3) is 1.44. The van der Waals surface area contributed by atoms with Crippen molar-refractivity contribution in [2.75, 3.05) is 0 Å². The van der Waals surface area contributed by atoms with E-state index in [0.717, 1.165) is 27.6 Å². The van der Waals surface area contributed by atoms with Gasteiger partial charge in [-0.05, 0) is 25.1 Å². The summed E-state index contributed by atoms with van der Waals surface area (Å²) in [6, 6.07) is 5.89. The Morgan fingerprint density at radius 3 is 2.93 bits per heavy atom. The number of benzene rings is 1. The summed E-state index contributed by atoms with van der Waals surface area (Å²) < 4.78 is 2.84. The Morgan fingerprint density at radius 2 is 2.29 bits per heavy atom. The molecular weight excluding hydrogens is 244 g/mol. The van der Waals surface area contributed by atoms with Crippen LogP contribution in [-0.4, -0.2) is 14.9 Å². The molecule has 0 spiro atoms. The van der Waals surface area contributed by atoms with E-state index in [1.54, 1.807) is 0 Å². The molecule has 0 aliphatic heterocycles. The summed E-state index contributed by atoms with van der Waals surface area (Å²) in [7, 11) is 0. The predicted octanol–water partition coefficient (Wildman–Crippen LogP) is 2.31. The van der Waals surface area contributed by atoms with Crippen molar-refractivity contribution in [1.29, 1.82) is 0 Å². The molecule has 1 N–H and O–H groups in total. The molecule has 2 rings (SSSR count). The number of fused-ring (bicyclic) bond motifs is 1. The smallest absolute Gasteiger partial charge is 0.0927 e. The highest BCUT2D eigenvalue weighted by Gasteiger charge is 2.08. The zero-order valence-electron chi connectivity index (χ0n) is 7.87. The van der Waals surface area contributed by atoms with Gasteiger partial charge in [0.2, 0.25) is 0 Å². The highest BCUT2D eigenvalue weighted by atomic mass is 79.9. The Hall–Kier alpha value is -0.870. The molecule has 0 unspecified atom stereocenters. The zero-order valence-corrected chi connectivity index (χ0v) is 9.45. The third-order valence-corrected chi connectivity index (χ3v) is 2.75. The Bertz CT molecular complexity index is 464. The second-order valence-corrected chi connectivity index (χ2v) is 4.00. The fraction of sp³-hybridized carbons (Fsp3) is 0.300. The SMILES string of the molecule is CCn1nc2ccc(Br)cc2c1CO. The van der Waals surface area contributed by atoms with Crippen molar-refractivity contribution < 1.29 is 5.11 Å². The van der Waals surface area contributed by atoms with E-state index < -0.39 is 0 Å². The van der Waals surface area contributed by atoms with E-state index >= 15 is 0 Å². The first kappa shape index (κ1) is 9.68. The van der Waals surface area contributed by atoms with E-state index in [-0.39, 0.29) is 6.61 Å². The third-order valence-electron chi connectivity index (χ3n) is 2.26. The number of hydrogen-bond acceptors (Lipinski definition) is 2. The van der Waals surface area contributed by atoms with Gasteiger partial charge >= 0.3 is 0 Å². The maximum Gasteiger partial charge on any atom is 0.0927 e. The van der Waals surface area contributed by atoms with Gasteiger partial charge < -0.3 is 5.11 Å². The topological polar surface area (TPSA) is 38.0 Å². The molecule has 0 radical (unpaired) electrons. The van der Waals surface area contributed by atoms with Gasteiger partial charge in [-0.25, -0.2) is 0 Å². The van der Waals surface area contributed by atoms with Crippen molar-refractivity contribution in [2.45, 2.75) is 20.1 Å². The van der Waals surface area contributed by atoms with E-state index in [1.165, 1.54) is 0 Å². The number of aliphatic hydroxyl groups excluding tert-OH is 1. The standard InChI is InChI=1S/C10H11BrN2O/c1-2-13-10(6-14)8-5-7(11)3-4-9(8)12-13/h3-5,14H,2,6H2,1H3. The average molecular weight is 255 g/mol. The van der Waals surface area contributed by atoms with Crippen molar-refractivity contribution >= 4 is 26.8 Å². The van der Waals surface area contributed by atoms with Gasteiger partial charge in [-0.1, -0.05) is 15.9 Å². The molecule has 0 bridgehead atoms. The molecule has 2 aromatic rings. The quantitative estimate of drug-likeness (QED) is 0.894. The Balaban J connectivity index is 2.74. The number of aliphatic hydroxyl groups is 1. The molecule has 74 valence electrons. The van der Waals surface area contributed by atoms with Gasteiger partial charge in [-0.3, -0.25) is 4.68 Å². The van der Waals surface area contributed by atoms with Gasteiger partial charge in [0.1, 0.15) is 0 Å². The molecule has 0 saturated heterocycles. The Kier molecular flexibility index (Phi) is 2.56. The van der Waals surface area contributed by atoms with Crippen LogP contribution in [0.2, 0.25) is 0 Å². The molecule has 0 fully saturated rings. The van der Waals surface area contributed by atoms with Crippen molar-refractivity contribution in [3.8, 4) is 0 Å². The molecule has 4 heteroatoms. The lowest BCUT2D eigenvalue weighted by Gasteiger charge is -2.00. The molecule has 14 heavy (non-hydrogen) atoms. The maximum absolute atomic E-state index is 9.25. The van der Waals surface area contributed by atoms with Gasteiger partial charge in [-0.15, -0.1) is 0 Å². The van der Waals surface area contributed by atoms with Gasteiger partial charge in [0.15, 0.2) is 0 Å². The van der Waals surface area contributed by atoms with Crippen LogP contribution >= 0.6 is 15.9 Å². The first-order chi connectivity index (χ1) is 6.76. The van der Waals surface area contributed by atoms with Crippen LogP contribution in [0.3, 0.4) is 0 Å². The largest absolute Gasteiger partial charge is 0.390 e. The highest BCUT2D eigenvalue weighted by Crippen LogP contribution is 2.22. The molecule has 0 aliphatic rings. The van der Waals surface area contributed by atoms with Crippen LogP contribution in [0.25, 0.3) is 10.9 Å². The minimum absolute atomic E-state index is 0.0286. The van der Waals surface area contributed by atoms with Crippen molar-refractivity contribution in [1.82, 2.24) is 9.78 Å². The van der Waals surface area contributed by atoms with Gasteiger partial charge in [-0.2, -0.15) is 5.10 Å². The minimum Gasteiger partial charge on any atom is -0.390 e. The van der Waals surface area contributed by atoms with E-state index in [9.17, 15) is 5.11 Å². The molecule has 0 aliphatic carbocycles. The van der Waals surface area contributed by atoms with E-state index in [2.05, 4.69) is 21.0 Å². The van der Waals surface area contributed by atoms with Gasteiger partial charge in [0, 0.05) is 16.4 Å². The van der Waals surface area contributed by atoms with Gasteiger partial charge in [0.05, 0.1) is 17.8 Å². The van der Waals surface area contributed by atoms with Crippen molar-refractivity contribution in [3.63, 3.8) is 0 Å². The fourth-order valence-corrected chi connectivity index (χ4v) is 1.95. The van der Waals surface area contributed by atoms with Crippen molar-refractivity contribution in [3.05, 3.63) is 28.4 Å². The molecule has 0 saturated carbocycles. The normalized spacial score (nSPS) is 11.1. The number of halogens is 1. The Labute approximate surface area is 90.5 Å². The fourth-order valence-electron chi connectivity index (χ4n) is 1.58. The molecule has 1 heterocycles. The van der Waals surface area contributed by atoms with Crippen LogP contribution in [-0.2, 0) is 13.2 Å². The number of nitrogens with zero attached hydrogens (tertiary/aromatic N) is 2. The molecule has 1 aromatic carbocycles. The van der Waals surface area contributed by atoms with Crippen molar-refractivity contribution in [2.24, 2.45) is 0 Å². The van der Waals surface area contributed by atoms with Crippen LogP contribution in [0, 0.1) is 0 Å². The van der Waals surface area contributed by atoms with E-state index in [4.69, 9.17) is 0 Å². The summed E-state index contributed by atoms with van der Waals surface area (Å²) in [5.41, 5.74) is 1.81. The summed E-state index contributed by atoms with van der Waals surface area (Å²) in [6.45, 7) is 2.82. The van der Waals surface area contributed by atoms with E-state index in [1.807, 2.05) is 29.8 Å². The lowest BCUT2D eigenvalue weighted by atomic mass is 10.2. The molecular formula is C10H11BrN2O. The van der Waals surface area contributed by atoms with Crippen LogP contribution < -0.4 is 0 Å². The summed E-state index contributed by atoms with van der Waals surface area (Å²) in [5.74, 6) is 0.